The summed E-state index contributed by atoms with van der Waals surface area (Å²) in [5, 5.41) is 11.6. The Hall–Kier alpha value is -1.68. The van der Waals surface area contributed by atoms with E-state index in [4.69, 9.17) is 9.94 Å². The highest BCUT2D eigenvalue weighted by Crippen LogP contribution is 2.01. The minimum atomic E-state index is -0.313. The standard InChI is InChI=1S/C11H13NO3/c1-2-15-8-10(12-14)11(13)9-6-4-3-5-7-9/h3-7,14H,2,8H2,1H3. The summed E-state index contributed by atoms with van der Waals surface area (Å²) in [6.45, 7) is 2.31. The van der Waals surface area contributed by atoms with Crippen LogP contribution >= 0.6 is 0 Å². The molecular formula is C11H13NO3. The van der Waals surface area contributed by atoms with Crippen molar-refractivity contribution in [3.8, 4) is 0 Å². The predicted octanol–water partition coefficient (Wildman–Crippen LogP) is 1.74. The third-order valence-corrected chi connectivity index (χ3v) is 1.86. The summed E-state index contributed by atoms with van der Waals surface area (Å²) in [6, 6.07) is 8.65. The minimum Gasteiger partial charge on any atom is -0.410 e. The molecule has 0 aromatic heterocycles. The Morgan fingerprint density at radius 3 is 2.60 bits per heavy atom. The zero-order chi connectivity index (χ0) is 11.1. The van der Waals surface area contributed by atoms with Crippen molar-refractivity contribution in [2.24, 2.45) is 5.16 Å². The number of rotatable bonds is 5. The molecule has 1 N–H and O–H groups in total. The van der Waals surface area contributed by atoms with Crippen LogP contribution in [-0.2, 0) is 4.74 Å². The summed E-state index contributed by atoms with van der Waals surface area (Å²) in [4.78, 5) is 11.7. The fraction of sp³-hybridized carbons (Fsp3) is 0.273. The maximum Gasteiger partial charge on any atom is 0.212 e. The van der Waals surface area contributed by atoms with Gasteiger partial charge < -0.3 is 9.94 Å². The van der Waals surface area contributed by atoms with Crippen LogP contribution in [0.1, 0.15) is 17.3 Å². The monoisotopic (exact) mass is 207 g/mol. The van der Waals surface area contributed by atoms with Crippen molar-refractivity contribution in [1.29, 1.82) is 0 Å². The average molecular weight is 207 g/mol. The molecule has 0 aliphatic carbocycles. The highest BCUT2D eigenvalue weighted by Gasteiger charge is 2.14. The smallest absolute Gasteiger partial charge is 0.212 e. The van der Waals surface area contributed by atoms with Crippen LogP contribution in [0.3, 0.4) is 0 Å². The number of hydrogen-bond donors (Lipinski definition) is 1. The number of Topliss-reactive ketones (excluding diaryl/α,β-unsaturated/α-hetero) is 1. The highest BCUT2D eigenvalue weighted by atomic mass is 16.5. The molecule has 0 saturated carbocycles. The highest BCUT2D eigenvalue weighted by molar-refractivity contribution is 6.46. The first-order valence-electron chi connectivity index (χ1n) is 4.68. The van der Waals surface area contributed by atoms with Crippen LogP contribution in [-0.4, -0.2) is 29.9 Å². The second-order valence-electron chi connectivity index (χ2n) is 2.88. The molecule has 1 aromatic carbocycles. The van der Waals surface area contributed by atoms with E-state index in [0.29, 0.717) is 12.2 Å². The van der Waals surface area contributed by atoms with Crippen LogP contribution in [0.15, 0.2) is 35.5 Å². The Morgan fingerprint density at radius 2 is 2.07 bits per heavy atom. The topological polar surface area (TPSA) is 58.9 Å². The Bertz CT molecular complexity index is 346. The lowest BCUT2D eigenvalue weighted by atomic mass is 10.1. The maximum absolute atomic E-state index is 11.7. The van der Waals surface area contributed by atoms with Gasteiger partial charge in [-0.15, -0.1) is 0 Å². The van der Waals surface area contributed by atoms with Crippen molar-refractivity contribution in [3.63, 3.8) is 0 Å². The van der Waals surface area contributed by atoms with Gasteiger partial charge in [0.05, 0.1) is 6.61 Å². The van der Waals surface area contributed by atoms with Crippen LogP contribution in [0.25, 0.3) is 0 Å². The number of ether oxygens (including phenoxy) is 1. The van der Waals surface area contributed by atoms with E-state index in [1.54, 1.807) is 24.3 Å². The Morgan fingerprint density at radius 1 is 1.40 bits per heavy atom. The van der Waals surface area contributed by atoms with Gasteiger partial charge in [0.25, 0.3) is 0 Å². The number of ketones is 1. The van der Waals surface area contributed by atoms with Gasteiger partial charge >= 0.3 is 0 Å². The summed E-state index contributed by atoms with van der Waals surface area (Å²) in [5.74, 6) is -0.313. The fourth-order valence-electron chi connectivity index (χ4n) is 1.09. The second-order valence-corrected chi connectivity index (χ2v) is 2.88. The van der Waals surface area contributed by atoms with Crippen LogP contribution in [0.5, 0.6) is 0 Å². The SMILES string of the molecule is CCOCC(=NO)C(=O)c1ccccc1. The van der Waals surface area contributed by atoms with Gasteiger partial charge in [0.15, 0.2) is 5.71 Å². The van der Waals surface area contributed by atoms with E-state index >= 15 is 0 Å². The molecular weight excluding hydrogens is 194 g/mol. The first kappa shape index (κ1) is 11.4. The van der Waals surface area contributed by atoms with Gasteiger partial charge in [-0.3, -0.25) is 4.79 Å². The average Bonchev–Trinajstić information content (AvgIpc) is 2.31. The lowest BCUT2D eigenvalue weighted by Crippen LogP contribution is -2.20. The van der Waals surface area contributed by atoms with E-state index in [-0.39, 0.29) is 18.1 Å². The van der Waals surface area contributed by atoms with Crippen molar-refractivity contribution >= 4 is 11.5 Å². The number of carbonyl (C=O) groups excluding carboxylic acids is 1. The number of hydrogen-bond acceptors (Lipinski definition) is 4. The van der Waals surface area contributed by atoms with E-state index < -0.39 is 0 Å². The first-order chi connectivity index (χ1) is 7.29. The second kappa shape index (κ2) is 5.93. The van der Waals surface area contributed by atoms with E-state index in [2.05, 4.69) is 5.16 Å². The largest absolute Gasteiger partial charge is 0.410 e. The molecule has 4 nitrogen and oxygen atoms in total. The Kier molecular flexibility index (Phi) is 4.50. The van der Waals surface area contributed by atoms with Crippen molar-refractivity contribution in [2.45, 2.75) is 6.92 Å². The van der Waals surface area contributed by atoms with Crippen LogP contribution in [0.4, 0.5) is 0 Å². The van der Waals surface area contributed by atoms with Gasteiger partial charge in [0, 0.05) is 12.2 Å². The van der Waals surface area contributed by atoms with Gasteiger partial charge in [-0.1, -0.05) is 35.5 Å². The summed E-state index contributed by atoms with van der Waals surface area (Å²) < 4.78 is 5.02. The van der Waals surface area contributed by atoms with Crippen molar-refractivity contribution in [1.82, 2.24) is 0 Å². The number of benzene rings is 1. The molecule has 1 aromatic rings. The normalized spacial score (nSPS) is 11.4. The van der Waals surface area contributed by atoms with Crippen molar-refractivity contribution in [2.75, 3.05) is 13.2 Å². The molecule has 1 rings (SSSR count). The molecule has 0 unspecified atom stereocenters. The molecule has 0 atom stereocenters. The maximum atomic E-state index is 11.7. The molecule has 0 heterocycles. The molecule has 0 amide bonds. The number of oxime groups is 1. The van der Waals surface area contributed by atoms with Crippen molar-refractivity contribution in [3.05, 3.63) is 35.9 Å². The predicted molar refractivity (Wildman–Crippen MR) is 56.5 cm³/mol. The summed E-state index contributed by atoms with van der Waals surface area (Å²) >= 11 is 0. The first-order valence-corrected chi connectivity index (χ1v) is 4.68. The van der Waals surface area contributed by atoms with E-state index in [0.717, 1.165) is 0 Å². The van der Waals surface area contributed by atoms with E-state index in [9.17, 15) is 4.79 Å². The van der Waals surface area contributed by atoms with Crippen LogP contribution in [0, 0.1) is 0 Å². The lowest BCUT2D eigenvalue weighted by molar-refractivity contribution is 0.104. The molecule has 80 valence electrons. The molecule has 0 radical (unpaired) electrons. The third kappa shape index (κ3) is 3.18. The Balaban J connectivity index is 2.75. The van der Waals surface area contributed by atoms with Gasteiger partial charge in [0.1, 0.15) is 0 Å². The van der Waals surface area contributed by atoms with Gasteiger partial charge in [-0.2, -0.15) is 0 Å². The summed E-state index contributed by atoms with van der Waals surface area (Å²) in [6.07, 6.45) is 0. The quantitative estimate of drug-likeness (QED) is 0.346. The van der Waals surface area contributed by atoms with Crippen LogP contribution < -0.4 is 0 Å². The Labute approximate surface area is 88.2 Å². The zero-order valence-electron chi connectivity index (χ0n) is 8.51. The van der Waals surface area contributed by atoms with Gasteiger partial charge in [0.2, 0.25) is 5.78 Å². The molecule has 0 bridgehead atoms. The molecule has 0 aliphatic heterocycles. The molecule has 15 heavy (non-hydrogen) atoms. The summed E-state index contributed by atoms with van der Waals surface area (Å²) in [7, 11) is 0. The number of nitrogens with zero attached hydrogens (tertiary/aromatic N) is 1. The van der Waals surface area contributed by atoms with Gasteiger partial charge in [-0.25, -0.2) is 0 Å². The molecule has 0 fully saturated rings. The van der Waals surface area contributed by atoms with Crippen LogP contribution in [0.2, 0.25) is 0 Å². The third-order valence-electron chi connectivity index (χ3n) is 1.86. The minimum absolute atomic E-state index is 0.0167. The molecule has 0 aliphatic rings. The summed E-state index contributed by atoms with van der Waals surface area (Å²) in [5.41, 5.74) is 0.507. The molecule has 0 spiro atoms. The molecule has 0 saturated heterocycles. The lowest BCUT2D eigenvalue weighted by Gasteiger charge is -2.03. The van der Waals surface area contributed by atoms with Crippen molar-refractivity contribution < 1.29 is 14.7 Å². The zero-order valence-corrected chi connectivity index (χ0v) is 8.51. The molecule has 4 heteroatoms. The number of carbonyl (C=O) groups is 1. The van der Waals surface area contributed by atoms with E-state index in [1.807, 2.05) is 13.0 Å². The fourth-order valence-corrected chi connectivity index (χ4v) is 1.09. The van der Waals surface area contributed by atoms with E-state index in [1.165, 1.54) is 0 Å². The van der Waals surface area contributed by atoms with Gasteiger partial charge in [-0.05, 0) is 6.92 Å².